The molecule has 3 aromatic rings. The van der Waals surface area contributed by atoms with Gasteiger partial charge in [-0.15, -0.1) is 0 Å². The lowest BCUT2D eigenvalue weighted by Crippen LogP contribution is -2.31. The summed E-state index contributed by atoms with van der Waals surface area (Å²) in [5, 5.41) is 17.6. The van der Waals surface area contributed by atoms with E-state index in [0.29, 0.717) is 18.8 Å². The fraction of sp³-hybridized carbons (Fsp3) is 0.290. The third kappa shape index (κ3) is 5.55. The first-order valence-electron chi connectivity index (χ1n) is 13.3. The minimum Gasteiger partial charge on any atom is -0.494 e. The number of hydrogen-bond acceptors (Lipinski definition) is 6. The highest BCUT2D eigenvalue weighted by Crippen LogP contribution is 2.45. The third-order valence-corrected chi connectivity index (χ3v) is 7.10. The molecular weight excluding hydrogens is 494 g/mol. The third-order valence-electron chi connectivity index (χ3n) is 7.10. The van der Waals surface area contributed by atoms with Crippen LogP contribution >= 0.6 is 0 Å². The van der Waals surface area contributed by atoms with Gasteiger partial charge in [-0.2, -0.15) is 5.10 Å². The number of nitrogens with zero attached hydrogens (tertiary/aromatic N) is 3. The molecule has 0 saturated heterocycles. The molecule has 39 heavy (non-hydrogen) atoms. The first kappa shape index (κ1) is 26.2. The van der Waals surface area contributed by atoms with Gasteiger partial charge in [0.15, 0.2) is 0 Å². The Balaban J connectivity index is 1.52. The number of nitro groups is 1. The number of allylic oxidation sites excluding steroid dienone is 1. The molecule has 1 amide bonds. The van der Waals surface area contributed by atoms with Gasteiger partial charge in [-0.3, -0.25) is 14.9 Å². The number of hydrogen-bond donors (Lipinski definition) is 0. The molecule has 1 aliphatic heterocycles. The zero-order valence-corrected chi connectivity index (χ0v) is 22.1. The molecule has 1 saturated carbocycles. The summed E-state index contributed by atoms with van der Waals surface area (Å²) < 4.78 is 11.2. The average molecular weight is 526 g/mol. The van der Waals surface area contributed by atoms with Gasteiger partial charge in [0.1, 0.15) is 11.5 Å². The monoisotopic (exact) mass is 525 g/mol. The van der Waals surface area contributed by atoms with Crippen LogP contribution in [0.4, 0.5) is 5.69 Å². The van der Waals surface area contributed by atoms with Crippen LogP contribution in [0.15, 0.2) is 83.5 Å². The molecule has 0 spiro atoms. The molecule has 0 bridgehead atoms. The van der Waals surface area contributed by atoms with Crippen LogP contribution in [-0.2, 0) is 0 Å². The lowest BCUT2D eigenvalue weighted by atomic mass is 9.77. The number of ether oxygens (including phenoxy) is 2. The van der Waals surface area contributed by atoms with Crippen LogP contribution in [0.1, 0.15) is 60.6 Å². The summed E-state index contributed by atoms with van der Waals surface area (Å²) in [6, 6.07) is 21.2. The minimum atomic E-state index is -0.473. The standard InChI is InChI=1S/C31H31N3O5/c1-3-38-26-16-8-21(9-17-26)20-24-6-5-7-28-29(24)32-33(30(28)22-12-18-27(19-13-22)39-4-2)31(35)23-10-14-25(15-11-23)34(36)37/h8-20,28,30H,3-7H2,1-2H3/b24-20+. The molecule has 2 aliphatic rings. The number of nitro benzene ring substituents is 1. The molecule has 1 heterocycles. The fourth-order valence-corrected chi connectivity index (χ4v) is 5.32. The quantitative estimate of drug-likeness (QED) is 0.237. The molecule has 8 heteroatoms. The SMILES string of the molecule is CCOc1ccc(/C=C2\CCCC3C2=NN(C(=O)c2ccc([N+](=O)[O-])cc2)C3c2ccc(OCC)cc2)cc1. The first-order valence-corrected chi connectivity index (χ1v) is 13.3. The topological polar surface area (TPSA) is 94.3 Å². The van der Waals surface area contributed by atoms with E-state index < -0.39 is 4.92 Å². The van der Waals surface area contributed by atoms with Crippen molar-refractivity contribution in [2.45, 2.75) is 39.2 Å². The summed E-state index contributed by atoms with van der Waals surface area (Å²) in [5.74, 6) is 1.35. The molecule has 2 unspecified atom stereocenters. The number of carbonyl (C=O) groups excluding carboxylic acids is 1. The second-order valence-corrected chi connectivity index (χ2v) is 9.56. The van der Waals surface area contributed by atoms with Crippen molar-refractivity contribution in [3.05, 3.63) is 105 Å². The van der Waals surface area contributed by atoms with Gasteiger partial charge in [-0.05, 0) is 92.3 Å². The Hall–Kier alpha value is -4.46. The van der Waals surface area contributed by atoms with Gasteiger partial charge in [0.25, 0.3) is 11.6 Å². The molecule has 0 aromatic heterocycles. The molecule has 200 valence electrons. The molecule has 8 nitrogen and oxygen atoms in total. The van der Waals surface area contributed by atoms with E-state index in [1.165, 1.54) is 24.3 Å². The predicted octanol–water partition coefficient (Wildman–Crippen LogP) is 6.83. The van der Waals surface area contributed by atoms with E-state index in [1.54, 1.807) is 5.01 Å². The number of fused-ring (bicyclic) bond motifs is 1. The summed E-state index contributed by atoms with van der Waals surface area (Å²) in [5.41, 5.74) is 4.36. The highest BCUT2D eigenvalue weighted by Gasteiger charge is 2.44. The zero-order valence-electron chi connectivity index (χ0n) is 22.1. The van der Waals surface area contributed by atoms with Gasteiger partial charge in [0.05, 0.1) is 29.9 Å². The molecule has 0 radical (unpaired) electrons. The average Bonchev–Trinajstić information content (AvgIpc) is 3.35. The van der Waals surface area contributed by atoms with Crippen LogP contribution in [0.2, 0.25) is 0 Å². The Morgan fingerprint density at radius 1 is 0.974 bits per heavy atom. The lowest BCUT2D eigenvalue weighted by Gasteiger charge is -2.29. The maximum atomic E-state index is 13.8. The Kier molecular flexibility index (Phi) is 7.72. The maximum Gasteiger partial charge on any atom is 0.274 e. The number of carbonyl (C=O) groups is 1. The Morgan fingerprint density at radius 2 is 1.59 bits per heavy atom. The van der Waals surface area contributed by atoms with Crippen molar-refractivity contribution in [1.82, 2.24) is 5.01 Å². The summed E-state index contributed by atoms with van der Waals surface area (Å²) in [4.78, 5) is 24.4. The molecule has 1 aliphatic carbocycles. The van der Waals surface area contributed by atoms with E-state index >= 15 is 0 Å². The Morgan fingerprint density at radius 3 is 2.18 bits per heavy atom. The first-order chi connectivity index (χ1) is 19.0. The normalized spacial score (nSPS) is 19.4. The number of benzene rings is 3. The number of non-ortho nitro benzene ring substituents is 1. The Labute approximate surface area is 227 Å². The summed E-state index contributed by atoms with van der Waals surface area (Å²) in [6.45, 7) is 5.09. The van der Waals surface area contributed by atoms with Crippen molar-refractivity contribution in [3.63, 3.8) is 0 Å². The van der Waals surface area contributed by atoms with Crippen molar-refractivity contribution in [1.29, 1.82) is 0 Å². The summed E-state index contributed by atoms with van der Waals surface area (Å²) in [6.07, 6.45) is 4.91. The highest BCUT2D eigenvalue weighted by molar-refractivity contribution is 6.09. The van der Waals surface area contributed by atoms with Crippen LogP contribution in [0.5, 0.6) is 11.5 Å². The van der Waals surface area contributed by atoms with Gasteiger partial charge < -0.3 is 9.47 Å². The highest BCUT2D eigenvalue weighted by atomic mass is 16.6. The van der Waals surface area contributed by atoms with Crippen LogP contribution in [0, 0.1) is 16.0 Å². The molecule has 3 aromatic carbocycles. The van der Waals surface area contributed by atoms with Crippen LogP contribution in [0.25, 0.3) is 6.08 Å². The number of amides is 1. The van der Waals surface area contributed by atoms with Crippen molar-refractivity contribution >= 4 is 23.4 Å². The van der Waals surface area contributed by atoms with E-state index in [0.717, 1.165) is 53.2 Å². The van der Waals surface area contributed by atoms with Crippen molar-refractivity contribution in [2.75, 3.05) is 13.2 Å². The molecular formula is C31H31N3O5. The van der Waals surface area contributed by atoms with Gasteiger partial charge in [-0.25, -0.2) is 5.01 Å². The van der Waals surface area contributed by atoms with Crippen molar-refractivity contribution < 1.29 is 19.2 Å². The summed E-state index contributed by atoms with van der Waals surface area (Å²) in [7, 11) is 0. The minimum absolute atomic E-state index is 0.0349. The van der Waals surface area contributed by atoms with E-state index in [-0.39, 0.29) is 23.6 Å². The van der Waals surface area contributed by atoms with E-state index in [4.69, 9.17) is 14.6 Å². The molecule has 5 rings (SSSR count). The Bertz CT molecular complexity index is 1400. The van der Waals surface area contributed by atoms with E-state index in [9.17, 15) is 14.9 Å². The largest absolute Gasteiger partial charge is 0.494 e. The van der Waals surface area contributed by atoms with Gasteiger partial charge in [0.2, 0.25) is 0 Å². The second-order valence-electron chi connectivity index (χ2n) is 9.56. The second kappa shape index (κ2) is 11.5. The summed E-state index contributed by atoms with van der Waals surface area (Å²) >= 11 is 0. The number of rotatable bonds is 8. The fourth-order valence-electron chi connectivity index (χ4n) is 5.32. The molecule has 0 N–H and O–H groups in total. The van der Waals surface area contributed by atoms with Gasteiger partial charge in [0, 0.05) is 23.6 Å². The number of hydrazone groups is 1. The van der Waals surface area contributed by atoms with Crippen molar-refractivity contribution in [3.8, 4) is 11.5 Å². The zero-order chi connectivity index (χ0) is 27.4. The van der Waals surface area contributed by atoms with Gasteiger partial charge >= 0.3 is 0 Å². The van der Waals surface area contributed by atoms with Crippen molar-refractivity contribution in [2.24, 2.45) is 11.0 Å². The van der Waals surface area contributed by atoms with Crippen LogP contribution in [0.3, 0.4) is 0 Å². The molecule has 1 fully saturated rings. The maximum absolute atomic E-state index is 13.8. The smallest absolute Gasteiger partial charge is 0.274 e. The molecule has 2 atom stereocenters. The lowest BCUT2D eigenvalue weighted by molar-refractivity contribution is -0.384. The van der Waals surface area contributed by atoms with Crippen LogP contribution in [-0.4, -0.2) is 34.8 Å². The van der Waals surface area contributed by atoms with E-state index in [2.05, 4.69) is 6.08 Å². The van der Waals surface area contributed by atoms with E-state index in [1.807, 2.05) is 62.4 Å². The van der Waals surface area contributed by atoms with Crippen LogP contribution < -0.4 is 9.47 Å². The van der Waals surface area contributed by atoms with Gasteiger partial charge in [-0.1, -0.05) is 24.3 Å². The predicted molar refractivity (Wildman–Crippen MR) is 150 cm³/mol.